The number of rotatable bonds is 2. The van der Waals surface area contributed by atoms with Crippen LogP contribution in [0.1, 0.15) is 24.4 Å². The second-order valence-electron chi connectivity index (χ2n) is 4.28. The van der Waals surface area contributed by atoms with Crippen LogP contribution in [-0.2, 0) is 9.53 Å². The summed E-state index contributed by atoms with van der Waals surface area (Å²) >= 11 is 6.15. The fraction of sp³-hybridized carbons (Fsp3) is 0.462. The second-order valence-corrected chi connectivity index (χ2v) is 4.69. The summed E-state index contributed by atoms with van der Waals surface area (Å²) in [4.78, 5) is 11.4. The van der Waals surface area contributed by atoms with Crippen LogP contribution >= 0.6 is 11.6 Å². The molecule has 1 aromatic rings. The Labute approximate surface area is 106 Å². The van der Waals surface area contributed by atoms with Crippen LogP contribution in [0.2, 0.25) is 5.02 Å². The Bertz CT molecular complexity index is 400. The maximum absolute atomic E-state index is 11.4. The van der Waals surface area contributed by atoms with E-state index in [0.717, 1.165) is 23.4 Å². The lowest BCUT2D eigenvalue weighted by atomic mass is 9.91. The number of piperidine rings is 1. The minimum atomic E-state index is -0.130. The zero-order valence-electron chi connectivity index (χ0n) is 9.78. The highest BCUT2D eigenvalue weighted by Crippen LogP contribution is 2.30. The van der Waals surface area contributed by atoms with E-state index in [9.17, 15) is 4.79 Å². The van der Waals surface area contributed by atoms with Crippen LogP contribution in [0.15, 0.2) is 24.3 Å². The van der Waals surface area contributed by atoms with E-state index in [2.05, 4.69) is 5.32 Å². The third-order valence-corrected chi connectivity index (χ3v) is 3.57. The van der Waals surface area contributed by atoms with Crippen molar-refractivity contribution in [1.29, 1.82) is 0 Å². The van der Waals surface area contributed by atoms with Crippen molar-refractivity contribution in [2.45, 2.75) is 18.9 Å². The van der Waals surface area contributed by atoms with Gasteiger partial charge in [0.25, 0.3) is 0 Å². The molecule has 0 amide bonds. The Balaban J connectivity index is 2.00. The zero-order valence-corrected chi connectivity index (χ0v) is 10.5. The summed E-state index contributed by atoms with van der Waals surface area (Å²) in [5.41, 5.74) is 1.11. The molecule has 1 aliphatic rings. The van der Waals surface area contributed by atoms with Crippen molar-refractivity contribution in [1.82, 2.24) is 5.32 Å². The molecule has 1 N–H and O–H groups in total. The van der Waals surface area contributed by atoms with Crippen molar-refractivity contribution in [3.05, 3.63) is 34.9 Å². The Morgan fingerprint density at radius 1 is 1.41 bits per heavy atom. The highest BCUT2D eigenvalue weighted by atomic mass is 35.5. The summed E-state index contributed by atoms with van der Waals surface area (Å²) in [6, 6.07) is 8.06. The minimum absolute atomic E-state index is 0.0289. The molecular formula is C13H16ClNO2. The predicted molar refractivity (Wildman–Crippen MR) is 66.9 cm³/mol. The molecule has 1 fully saturated rings. The number of nitrogens with one attached hydrogen (secondary N) is 1. The van der Waals surface area contributed by atoms with Gasteiger partial charge in [-0.25, -0.2) is 0 Å². The summed E-state index contributed by atoms with van der Waals surface area (Å²) in [6.07, 6.45) is 1.75. The van der Waals surface area contributed by atoms with Crippen LogP contribution in [0.5, 0.6) is 0 Å². The highest BCUT2D eigenvalue weighted by Gasteiger charge is 2.27. The quantitative estimate of drug-likeness (QED) is 0.824. The molecule has 2 atom stereocenters. The first kappa shape index (κ1) is 12.4. The lowest BCUT2D eigenvalue weighted by molar-refractivity contribution is -0.146. The lowest BCUT2D eigenvalue weighted by Crippen LogP contribution is -2.37. The van der Waals surface area contributed by atoms with Crippen LogP contribution in [0.3, 0.4) is 0 Å². The molecule has 0 radical (unpaired) electrons. The maximum Gasteiger partial charge on any atom is 0.309 e. The average Bonchev–Trinajstić information content (AvgIpc) is 2.39. The number of methoxy groups -OCH3 is 1. The van der Waals surface area contributed by atoms with E-state index >= 15 is 0 Å². The number of benzene rings is 1. The van der Waals surface area contributed by atoms with Crippen molar-refractivity contribution in [3.63, 3.8) is 0 Å². The summed E-state index contributed by atoms with van der Waals surface area (Å²) in [7, 11) is 1.43. The topological polar surface area (TPSA) is 38.3 Å². The van der Waals surface area contributed by atoms with Gasteiger partial charge in [0.2, 0.25) is 0 Å². The van der Waals surface area contributed by atoms with E-state index in [1.54, 1.807) is 0 Å². The molecule has 2 rings (SSSR count). The molecule has 17 heavy (non-hydrogen) atoms. The van der Waals surface area contributed by atoms with Crippen molar-refractivity contribution in [2.24, 2.45) is 5.92 Å². The van der Waals surface area contributed by atoms with Crippen molar-refractivity contribution in [3.8, 4) is 0 Å². The van der Waals surface area contributed by atoms with Gasteiger partial charge in [0.1, 0.15) is 0 Å². The van der Waals surface area contributed by atoms with Crippen LogP contribution in [0, 0.1) is 5.92 Å². The predicted octanol–water partition coefficient (Wildman–Crippen LogP) is 2.55. The van der Waals surface area contributed by atoms with E-state index < -0.39 is 0 Å². The van der Waals surface area contributed by atoms with Crippen LogP contribution in [-0.4, -0.2) is 19.6 Å². The van der Waals surface area contributed by atoms with Gasteiger partial charge in [0.15, 0.2) is 0 Å². The van der Waals surface area contributed by atoms with Crippen molar-refractivity contribution >= 4 is 17.6 Å². The van der Waals surface area contributed by atoms with Gasteiger partial charge in [-0.2, -0.15) is 0 Å². The van der Waals surface area contributed by atoms with Gasteiger partial charge in [-0.05, 0) is 24.5 Å². The molecule has 1 heterocycles. The first-order valence-corrected chi connectivity index (χ1v) is 6.16. The Morgan fingerprint density at radius 2 is 2.18 bits per heavy atom. The number of carbonyl (C=O) groups excluding carboxylic acids is 1. The molecule has 4 heteroatoms. The van der Waals surface area contributed by atoms with Crippen LogP contribution in [0.25, 0.3) is 0 Å². The largest absolute Gasteiger partial charge is 0.469 e. The number of ether oxygens (including phenoxy) is 1. The molecule has 0 spiro atoms. The summed E-state index contributed by atoms with van der Waals surface area (Å²) in [5, 5.41) is 4.14. The molecule has 92 valence electrons. The van der Waals surface area contributed by atoms with E-state index in [1.807, 2.05) is 24.3 Å². The third kappa shape index (κ3) is 2.79. The number of esters is 1. The first-order valence-electron chi connectivity index (χ1n) is 5.78. The molecule has 0 bridgehead atoms. The van der Waals surface area contributed by atoms with Gasteiger partial charge in [-0.1, -0.05) is 29.8 Å². The molecule has 3 nitrogen and oxygen atoms in total. The zero-order chi connectivity index (χ0) is 12.3. The Kier molecular flexibility index (Phi) is 4.02. The van der Waals surface area contributed by atoms with Crippen molar-refractivity contribution < 1.29 is 9.53 Å². The highest BCUT2D eigenvalue weighted by molar-refractivity contribution is 6.31. The monoisotopic (exact) mass is 253 g/mol. The Morgan fingerprint density at radius 3 is 2.76 bits per heavy atom. The molecule has 0 saturated carbocycles. The van der Waals surface area contributed by atoms with Crippen molar-refractivity contribution in [2.75, 3.05) is 13.7 Å². The lowest BCUT2D eigenvalue weighted by Gasteiger charge is -2.29. The maximum atomic E-state index is 11.4. The van der Waals surface area contributed by atoms with Gasteiger partial charge < -0.3 is 10.1 Å². The van der Waals surface area contributed by atoms with Crippen LogP contribution < -0.4 is 5.32 Å². The summed E-state index contributed by atoms with van der Waals surface area (Å²) in [5.74, 6) is -0.158. The number of hydrogen-bond acceptors (Lipinski definition) is 3. The third-order valence-electron chi connectivity index (χ3n) is 3.23. The first-order chi connectivity index (χ1) is 8.22. The number of halogens is 1. The molecule has 1 aromatic carbocycles. The van der Waals surface area contributed by atoms with E-state index in [4.69, 9.17) is 16.3 Å². The second kappa shape index (κ2) is 5.52. The number of carbonyl (C=O) groups is 1. The van der Waals surface area contributed by atoms with Gasteiger partial charge in [-0.15, -0.1) is 0 Å². The van der Waals surface area contributed by atoms with Gasteiger partial charge >= 0.3 is 5.97 Å². The standard InChI is InChI=1S/C13H16ClNO2/c1-17-13(16)9-6-7-12(15-8-9)10-4-2-3-5-11(10)14/h2-5,9,12,15H,6-8H2,1H3. The SMILES string of the molecule is COC(=O)C1CCC(c2ccccc2Cl)NC1. The van der Waals surface area contributed by atoms with Gasteiger partial charge in [0.05, 0.1) is 13.0 Å². The normalized spacial score (nSPS) is 24.4. The minimum Gasteiger partial charge on any atom is -0.469 e. The summed E-state index contributed by atoms with van der Waals surface area (Å²) in [6.45, 7) is 0.655. The molecule has 0 aromatic heterocycles. The Hall–Kier alpha value is -1.06. The smallest absolute Gasteiger partial charge is 0.309 e. The molecule has 2 unspecified atom stereocenters. The van der Waals surface area contributed by atoms with E-state index in [-0.39, 0.29) is 17.9 Å². The fourth-order valence-corrected chi connectivity index (χ4v) is 2.51. The van der Waals surface area contributed by atoms with Gasteiger partial charge in [-0.3, -0.25) is 4.79 Å². The molecule has 0 aliphatic carbocycles. The van der Waals surface area contributed by atoms with E-state index in [1.165, 1.54) is 7.11 Å². The molecule has 1 saturated heterocycles. The van der Waals surface area contributed by atoms with Crippen LogP contribution in [0.4, 0.5) is 0 Å². The summed E-state index contributed by atoms with van der Waals surface area (Å²) < 4.78 is 4.75. The number of hydrogen-bond donors (Lipinski definition) is 1. The molecule has 1 aliphatic heterocycles. The van der Waals surface area contributed by atoms with Gasteiger partial charge in [0, 0.05) is 17.6 Å². The fourth-order valence-electron chi connectivity index (χ4n) is 2.25. The molecular weight excluding hydrogens is 238 g/mol. The average molecular weight is 254 g/mol. The van der Waals surface area contributed by atoms with E-state index in [0.29, 0.717) is 6.54 Å².